The maximum Gasteiger partial charge on any atom is 0.250 e. The normalized spacial score (nSPS) is 11.0. The van der Waals surface area contributed by atoms with Gasteiger partial charge in [-0.3, -0.25) is 14.7 Å². The van der Waals surface area contributed by atoms with Crippen LogP contribution in [-0.4, -0.2) is 30.6 Å². The van der Waals surface area contributed by atoms with Crippen molar-refractivity contribution in [3.63, 3.8) is 0 Å². The highest BCUT2D eigenvalue weighted by Gasteiger charge is 2.21. The predicted octanol–water partition coefficient (Wildman–Crippen LogP) is 3.13. The van der Waals surface area contributed by atoms with Crippen LogP contribution in [0.5, 0.6) is 0 Å². The lowest BCUT2D eigenvalue weighted by molar-refractivity contribution is -0.119. The van der Waals surface area contributed by atoms with Gasteiger partial charge < -0.3 is 0 Å². The maximum atomic E-state index is 13.0. The van der Waals surface area contributed by atoms with Gasteiger partial charge in [0.15, 0.2) is 5.13 Å². The van der Waals surface area contributed by atoms with Crippen LogP contribution in [-0.2, 0) is 17.9 Å². The van der Waals surface area contributed by atoms with Crippen molar-refractivity contribution in [3.05, 3.63) is 66.0 Å². The molecule has 7 nitrogen and oxygen atoms in total. The van der Waals surface area contributed by atoms with Gasteiger partial charge in [0, 0.05) is 12.4 Å². The topological polar surface area (TPSA) is 76.8 Å². The van der Waals surface area contributed by atoms with E-state index in [2.05, 4.69) is 34.1 Å². The van der Waals surface area contributed by atoms with E-state index in [1.165, 1.54) is 34.2 Å². The molecule has 3 aromatic heterocycles. The summed E-state index contributed by atoms with van der Waals surface area (Å²) in [5.41, 5.74) is 4.17. The maximum absolute atomic E-state index is 13.0. The van der Waals surface area contributed by atoms with Gasteiger partial charge in [0.2, 0.25) is 0 Å². The highest BCUT2D eigenvalue weighted by molar-refractivity contribution is 7.22. The van der Waals surface area contributed by atoms with Crippen molar-refractivity contribution < 1.29 is 4.79 Å². The van der Waals surface area contributed by atoms with Gasteiger partial charge in [0.1, 0.15) is 19.2 Å². The highest BCUT2D eigenvalue weighted by atomic mass is 32.1. The third kappa shape index (κ3) is 3.70. The molecule has 4 aromatic rings. The van der Waals surface area contributed by atoms with Crippen LogP contribution in [0.3, 0.4) is 0 Å². The first-order chi connectivity index (χ1) is 13.1. The molecule has 0 N–H and O–H groups in total. The third-order valence-corrected chi connectivity index (χ3v) is 5.20. The van der Waals surface area contributed by atoms with Crippen LogP contribution in [0.15, 0.2) is 49.3 Å². The zero-order valence-electron chi connectivity index (χ0n) is 15.0. The number of rotatable bonds is 5. The largest absolute Gasteiger partial charge is 0.282 e. The fourth-order valence-electron chi connectivity index (χ4n) is 2.95. The Balaban J connectivity index is 1.72. The molecular weight excluding hydrogens is 360 g/mol. The fraction of sp³-hybridized carbons (Fsp3) is 0.211. The predicted molar refractivity (Wildman–Crippen MR) is 105 cm³/mol. The Morgan fingerprint density at radius 1 is 1.26 bits per heavy atom. The molecule has 0 radical (unpaired) electrons. The smallest absolute Gasteiger partial charge is 0.250 e. The molecule has 1 amide bonds. The first-order valence-electron chi connectivity index (χ1n) is 8.49. The Morgan fingerprint density at radius 3 is 2.89 bits per heavy atom. The average molecular weight is 378 g/mol. The average Bonchev–Trinajstić information content (AvgIpc) is 3.30. The zero-order chi connectivity index (χ0) is 18.8. The Labute approximate surface area is 160 Å². The highest BCUT2D eigenvalue weighted by Crippen LogP contribution is 2.32. The molecule has 0 unspecified atom stereocenters. The van der Waals surface area contributed by atoms with Crippen LogP contribution < -0.4 is 4.90 Å². The van der Waals surface area contributed by atoms with Crippen molar-refractivity contribution in [3.8, 4) is 0 Å². The molecule has 0 fully saturated rings. The minimum absolute atomic E-state index is 0.0993. The summed E-state index contributed by atoms with van der Waals surface area (Å²) in [7, 11) is 0. The molecule has 0 aliphatic heterocycles. The number of nitrogens with zero attached hydrogens (tertiary/aromatic N) is 6. The number of anilines is 1. The van der Waals surface area contributed by atoms with Gasteiger partial charge in [-0.2, -0.15) is 5.10 Å². The fourth-order valence-corrected chi connectivity index (χ4v) is 4.11. The van der Waals surface area contributed by atoms with Crippen molar-refractivity contribution in [1.82, 2.24) is 24.7 Å². The number of pyridine rings is 1. The summed E-state index contributed by atoms with van der Waals surface area (Å²) in [4.78, 5) is 27.5. The lowest BCUT2D eigenvalue weighted by Gasteiger charge is -2.19. The minimum atomic E-state index is -0.0993. The molecule has 3 heterocycles. The molecule has 0 saturated carbocycles. The van der Waals surface area contributed by atoms with Gasteiger partial charge in [-0.1, -0.05) is 23.5 Å². The van der Waals surface area contributed by atoms with Gasteiger partial charge in [-0.25, -0.2) is 14.6 Å². The summed E-state index contributed by atoms with van der Waals surface area (Å²) < 4.78 is 2.59. The molecule has 0 spiro atoms. The van der Waals surface area contributed by atoms with E-state index in [0.717, 1.165) is 21.3 Å². The molecule has 0 bridgehead atoms. The number of amides is 1. The van der Waals surface area contributed by atoms with E-state index in [1.807, 2.05) is 19.1 Å². The molecule has 8 heteroatoms. The van der Waals surface area contributed by atoms with Crippen molar-refractivity contribution >= 4 is 32.6 Å². The van der Waals surface area contributed by atoms with Gasteiger partial charge in [-0.05, 0) is 42.7 Å². The van der Waals surface area contributed by atoms with Crippen LogP contribution in [0.25, 0.3) is 10.2 Å². The van der Waals surface area contributed by atoms with Crippen molar-refractivity contribution in [1.29, 1.82) is 0 Å². The molecule has 1 aromatic carbocycles. The third-order valence-electron chi connectivity index (χ3n) is 4.18. The Hall–Kier alpha value is -3.13. The number of hydrogen-bond donors (Lipinski definition) is 0. The van der Waals surface area contributed by atoms with Crippen LogP contribution in [0.1, 0.15) is 16.7 Å². The number of thiazole rings is 1. The molecule has 0 atom stereocenters. The van der Waals surface area contributed by atoms with Crippen LogP contribution >= 0.6 is 11.3 Å². The van der Waals surface area contributed by atoms with E-state index in [1.54, 1.807) is 17.3 Å². The molecule has 136 valence electrons. The van der Waals surface area contributed by atoms with E-state index in [9.17, 15) is 4.79 Å². The number of hydrogen-bond acceptors (Lipinski definition) is 6. The number of carbonyl (C=O) groups excluding carboxylic acids is 1. The molecule has 4 rings (SSSR count). The summed E-state index contributed by atoms with van der Waals surface area (Å²) in [6.45, 7) is 4.62. The van der Waals surface area contributed by atoms with Gasteiger partial charge in [-0.15, -0.1) is 0 Å². The van der Waals surface area contributed by atoms with Crippen molar-refractivity contribution in [2.24, 2.45) is 0 Å². The Bertz CT molecular complexity index is 1070. The Morgan fingerprint density at radius 2 is 2.15 bits per heavy atom. The van der Waals surface area contributed by atoms with E-state index in [0.29, 0.717) is 11.7 Å². The second-order valence-corrected chi connectivity index (χ2v) is 7.37. The number of aromatic nitrogens is 5. The quantitative estimate of drug-likeness (QED) is 0.533. The standard InChI is InChI=1S/C19H18N6OS/c1-13-6-14(2)18-16(7-13)27-19(23-18)25(9-15-4-3-5-20-8-15)17(26)10-24-12-21-11-22-24/h3-8,11-12H,9-10H2,1-2H3. The Kier molecular flexibility index (Phi) is 4.64. The molecule has 0 aliphatic rings. The van der Waals surface area contributed by atoms with E-state index in [-0.39, 0.29) is 12.5 Å². The molecule has 27 heavy (non-hydrogen) atoms. The van der Waals surface area contributed by atoms with Gasteiger partial charge in [0.25, 0.3) is 5.91 Å². The summed E-state index contributed by atoms with van der Waals surface area (Å²) in [6.07, 6.45) is 6.43. The lowest BCUT2D eigenvalue weighted by atomic mass is 10.1. The summed E-state index contributed by atoms with van der Waals surface area (Å²) >= 11 is 1.52. The van der Waals surface area contributed by atoms with Crippen LogP contribution in [0, 0.1) is 13.8 Å². The van der Waals surface area contributed by atoms with Crippen LogP contribution in [0.2, 0.25) is 0 Å². The number of fused-ring (bicyclic) bond motifs is 1. The first-order valence-corrected chi connectivity index (χ1v) is 9.31. The minimum Gasteiger partial charge on any atom is -0.282 e. The molecule has 0 aliphatic carbocycles. The van der Waals surface area contributed by atoms with Crippen molar-refractivity contribution in [2.75, 3.05) is 4.90 Å². The summed E-state index contributed by atoms with van der Waals surface area (Å²) in [5, 5.41) is 4.71. The zero-order valence-corrected chi connectivity index (χ0v) is 15.8. The molecule has 0 saturated heterocycles. The lowest BCUT2D eigenvalue weighted by Crippen LogP contribution is -2.33. The van der Waals surface area contributed by atoms with E-state index in [4.69, 9.17) is 4.98 Å². The van der Waals surface area contributed by atoms with Gasteiger partial charge in [0.05, 0.1) is 16.8 Å². The second kappa shape index (κ2) is 7.24. The van der Waals surface area contributed by atoms with E-state index < -0.39 is 0 Å². The summed E-state index contributed by atoms with van der Waals surface area (Å²) in [5.74, 6) is -0.0993. The molecular formula is C19H18N6OS. The number of benzene rings is 1. The number of aryl methyl sites for hydroxylation is 2. The number of carbonyl (C=O) groups is 1. The van der Waals surface area contributed by atoms with Gasteiger partial charge >= 0.3 is 0 Å². The second-order valence-electron chi connectivity index (χ2n) is 6.36. The summed E-state index contributed by atoms with van der Waals surface area (Å²) in [6, 6.07) is 8.02. The monoisotopic (exact) mass is 378 g/mol. The van der Waals surface area contributed by atoms with E-state index >= 15 is 0 Å². The SMILES string of the molecule is Cc1cc(C)c2nc(N(Cc3cccnc3)C(=O)Cn3cncn3)sc2c1. The van der Waals surface area contributed by atoms with Crippen LogP contribution in [0.4, 0.5) is 5.13 Å². The van der Waals surface area contributed by atoms with Crippen molar-refractivity contribution in [2.45, 2.75) is 26.9 Å². The first kappa shape index (κ1) is 17.3.